The molecule has 2 aromatic carbocycles. The summed E-state index contributed by atoms with van der Waals surface area (Å²) in [5.41, 5.74) is 2.80. The Hall–Kier alpha value is -5.92. The van der Waals surface area contributed by atoms with Crippen molar-refractivity contribution in [3.8, 4) is 11.8 Å². The molecule has 4 aromatic heterocycles. The molecule has 2 atom stereocenters. The van der Waals surface area contributed by atoms with Gasteiger partial charge in [-0.2, -0.15) is 26.3 Å². The lowest BCUT2D eigenvalue weighted by Gasteiger charge is -2.34. The van der Waals surface area contributed by atoms with Crippen LogP contribution in [-0.4, -0.2) is 45.7 Å². The molecular weight excluding hydrogens is 883 g/mol. The van der Waals surface area contributed by atoms with Gasteiger partial charge < -0.3 is 9.47 Å². The SMILES string of the molecule is CC[C@@H](CC(=O)c1ccc(OC)nc1)C1CCC(c2ccnc3cc(C(F)(F)F)ccc23)CC1.CC[C@H](CC(=O)c1ccc(OC)nc1)C1CCC(c2ccnc3cc(C(F)(F)F)ccc23)CC1. The van der Waals surface area contributed by atoms with E-state index in [9.17, 15) is 35.9 Å². The highest BCUT2D eigenvalue weighted by molar-refractivity contribution is 5.96. The number of alkyl halides is 6. The van der Waals surface area contributed by atoms with Crippen LogP contribution in [0.4, 0.5) is 26.3 Å². The molecule has 0 aliphatic heterocycles. The van der Waals surface area contributed by atoms with E-state index in [1.54, 1.807) is 75.4 Å². The molecule has 0 N–H and O–H groups in total. The molecule has 0 radical (unpaired) electrons. The maximum absolute atomic E-state index is 13.1. The molecule has 360 valence electrons. The number of halogens is 6. The average molecular weight is 941 g/mol. The van der Waals surface area contributed by atoms with E-state index in [1.807, 2.05) is 12.1 Å². The van der Waals surface area contributed by atoms with Gasteiger partial charge in [-0.05, 0) is 147 Å². The number of hydrogen-bond donors (Lipinski definition) is 0. The van der Waals surface area contributed by atoms with Gasteiger partial charge in [-0.25, -0.2) is 9.97 Å². The molecule has 0 bridgehead atoms. The third-order valence-corrected chi connectivity index (χ3v) is 14.4. The fourth-order valence-electron chi connectivity index (χ4n) is 10.5. The molecule has 2 aliphatic rings. The lowest BCUT2D eigenvalue weighted by molar-refractivity contribution is -0.138. The fourth-order valence-corrected chi connectivity index (χ4v) is 10.5. The van der Waals surface area contributed by atoms with E-state index in [-0.39, 0.29) is 23.4 Å². The highest BCUT2D eigenvalue weighted by atomic mass is 19.4. The zero-order chi connectivity index (χ0) is 48.6. The molecular formula is C54H58F6N4O4. The summed E-state index contributed by atoms with van der Waals surface area (Å²) >= 11 is 0. The number of carbonyl (C=O) groups is 2. The van der Waals surface area contributed by atoms with Gasteiger partial charge in [0.1, 0.15) is 0 Å². The van der Waals surface area contributed by atoms with Crippen LogP contribution in [0, 0.1) is 23.7 Å². The van der Waals surface area contributed by atoms with Crippen molar-refractivity contribution in [3.63, 3.8) is 0 Å². The number of benzene rings is 2. The van der Waals surface area contributed by atoms with Gasteiger partial charge in [-0.3, -0.25) is 19.6 Å². The van der Waals surface area contributed by atoms with Crippen LogP contribution in [0.15, 0.2) is 97.6 Å². The first-order chi connectivity index (χ1) is 32.6. The number of fused-ring (bicyclic) bond motifs is 2. The van der Waals surface area contributed by atoms with Crippen molar-refractivity contribution in [2.24, 2.45) is 23.7 Å². The van der Waals surface area contributed by atoms with Gasteiger partial charge >= 0.3 is 12.4 Å². The number of ketones is 2. The normalized spacial score (nSPS) is 19.7. The van der Waals surface area contributed by atoms with Crippen LogP contribution in [0.5, 0.6) is 11.8 Å². The minimum atomic E-state index is -4.38. The van der Waals surface area contributed by atoms with Gasteiger partial charge in [-0.15, -0.1) is 0 Å². The summed E-state index contributed by atoms with van der Waals surface area (Å²) < 4.78 is 88.7. The van der Waals surface area contributed by atoms with Crippen molar-refractivity contribution >= 4 is 33.4 Å². The van der Waals surface area contributed by atoms with E-state index in [0.29, 0.717) is 70.4 Å². The molecule has 6 aromatic rings. The predicted octanol–water partition coefficient (Wildman–Crippen LogP) is 14.5. The first-order valence-corrected chi connectivity index (χ1v) is 23.6. The highest BCUT2D eigenvalue weighted by Crippen LogP contribution is 2.45. The second-order valence-electron chi connectivity index (χ2n) is 18.3. The summed E-state index contributed by atoms with van der Waals surface area (Å²) in [6.45, 7) is 4.26. The number of hydrogen-bond acceptors (Lipinski definition) is 8. The van der Waals surface area contributed by atoms with Crippen molar-refractivity contribution in [3.05, 3.63) is 131 Å². The minimum Gasteiger partial charge on any atom is -0.481 e. The predicted molar refractivity (Wildman–Crippen MR) is 250 cm³/mol. The lowest BCUT2D eigenvalue weighted by Crippen LogP contribution is -2.23. The van der Waals surface area contributed by atoms with Gasteiger partial charge in [0.25, 0.3) is 0 Å². The molecule has 4 heterocycles. The second kappa shape index (κ2) is 22.0. The fraction of sp³-hybridized carbons (Fsp3) is 0.444. The largest absolute Gasteiger partial charge is 0.481 e. The van der Waals surface area contributed by atoms with E-state index in [1.165, 1.54) is 0 Å². The molecule has 0 saturated heterocycles. The third kappa shape index (κ3) is 12.0. The Labute approximate surface area is 393 Å². The van der Waals surface area contributed by atoms with Gasteiger partial charge in [0.05, 0.1) is 36.4 Å². The maximum Gasteiger partial charge on any atom is 0.416 e. The van der Waals surface area contributed by atoms with Crippen molar-refractivity contribution in [1.82, 2.24) is 19.9 Å². The zero-order valence-corrected chi connectivity index (χ0v) is 38.9. The number of Topliss-reactive ketones (excluding diaryl/α,β-unsaturated/α-hetero) is 2. The minimum absolute atomic E-state index is 0.102. The van der Waals surface area contributed by atoms with E-state index in [4.69, 9.17) is 9.47 Å². The first kappa shape index (κ1) is 50.0. The van der Waals surface area contributed by atoms with Crippen LogP contribution < -0.4 is 9.47 Å². The van der Waals surface area contributed by atoms with Gasteiger partial charge in [-0.1, -0.05) is 38.8 Å². The number of carbonyl (C=O) groups excluding carboxylic acids is 2. The summed E-state index contributed by atoms with van der Waals surface area (Å²) in [5, 5.41) is 1.60. The smallest absolute Gasteiger partial charge is 0.416 e. The maximum atomic E-state index is 13.1. The van der Waals surface area contributed by atoms with Crippen LogP contribution in [0.1, 0.15) is 146 Å². The molecule has 14 heteroatoms. The second-order valence-corrected chi connectivity index (χ2v) is 18.3. The molecule has 0 amide bonds. The number of ether oxygens (including phenoxy) is 2. The van der Waals surface area contributed by atoms with Crippen molar-refractivity contribution in [1.29, 1.82) is 0 Å². The Kier molecular flexibility index (Phi) is 16.2. The average Bonchev–Trinajstić information content (AvgIpc) is 3.36. The zero-order valence-electron chi connectivity index (χ0n) is 38.9. The van der Waals surface area contributed by atoms with Gasteiger partial charge in [0.15, 0.2) is 11.6 Å². The number of pyridine rings is 4. The van der Waals surface area contributed by atoms with Gasteiger partial charge in [0.2, 0.25) is 11.8 Å². The quantitative estimate of drug-likeness (QED) is 0.0786. The van der Waals surface area contributed by atoms with Crippen LogP contribution in [0.25, 0.3) is 21.8 Å². The molecule has 2 saturated carbocycles. The molecule has 2 aliphatic carbocycles. The monoisotopic (exact) mass is 940 g/mol. The Bertz CT molecular complexity index is 2460. The van der Waals surface area contributed by atoms with E-state index < -0.39 is 23.5 Å². The number of rotatable bonds is 14. The lowest BCUT2D eigenvalue weighted by atomic mass is 9.71. The Morgan fingerprint density at radius 3 is 1.24 bits per heavy atom. The standard InChI is InChI=1S/2C27H29F3N2O2/c2*1-3-17(14-25(33)20-8-11-26(34-2)32-16-20)18-4-6-19(7-5-18)22-12-13-31-24-15-21(27(28,29)30)9-10-23(22)24/h2*8-13,15-19H,3-7,14H2,1-2H3/t2*17-,18?,19?/m10/s1. The van der Waals surface area contributed by atoms with Gasteiger partial charge in [0, 0.05) is 71.7 Å². The van der Waals surface area contributed by atoms with E-state index >= 15 is 0 Å². The van der Waals surface area contributed by atoms with Crippen molar-refractivity contribution < 1.29 is 45.4 Å². The first-order valence-electron chi connectivity index (χ1n) is 23.6. The molecule has 0 spiro atoms. The summed E-state index contributed by atoms with van der Waals surface area (Å²) in [4.78, 5) is 42.3. The Balaban J connectivity index is 0.000000201. The van der Waals surface area contributed by atoms with Crippen LogP contribution in [0.2, 0.25) is 0 Å². The van der Waals surface area contributed by atoms with Crippen LogP contribution >= 0.6 is 0 Å². The van der Waals surface area contributed by atoms with E-state index in [2.05, 4.69) is 33.8 Å². The van der Waals surface area contributed by atoms with Crippen molar-refractivity contribution in [2.45, 2.75) is 115 Å². The number of methoxy groups -OCH3 is 2. The van der Waals surface area contributed by atoms with Crippen LogP contribution in [-0.2, 0) is 12.4 Å². The topological polar surface area (TPSA) is 104 Å². The molecule has 0 unspecified atom stereocenters. The summed E-state index contributed by atoms with van der Waals surface area (Å²) in [6.07, 6.45) is 8.32. The molecule has 8 rings (SSSR count). The Morgan fingerprint density at radius 2 is 0.926 bits per heavy atom. The number of nitrogens with zero attached hydrogens (tertiary/aromatic N) is 4. The molecule has 68 heavy (non-hydrogen) atoms. The summed E-state index contributed by atoms with van der Waals surface area (Å²) in [6, 6.07) is 18.5. The molecule has 2 fully saturated rings. The summed E-state index contributed by atoms with van der Waals surface area (Å²) in [5.74, 6) is 3.28. The number of aromatic nitrogens is 4. The Morgan fingerprint density at radius 1 is 0.544 bits per heavy atom. The summed E-state index contributed by atoms with van der Waals surface area (Å²) in [7, 11) is 3.09. The van der Waals surface area contributed by atoms with E-state index in [0.717, 1.165) is 110 Å². The highest BCUT2D eigenvalue weighted by Gasteiger charge is 2.34. The van der Waals surface area contributed by atoms with Crippen LogP contribution in [0.3, 0.4) is 0 Å². The third-order valence-electron chi connectivity index (χ3n) is 14.4. The van der Waals surface area contributed by atoms with Crippen molar-refractivity contribution in [2.75, 3.05) is 14.2 Å². The molecule has 8 nitrogen and oxygen atoms in total.